The van der Waals surface area contributed by atoms with Crippen LogP contribution in [0.25, 0.3) is 0 Å². The summed E-state index contributed by atoms with van der Waals surface area (Å²) in [5.74, 6) is 0.0531. The van der Waals surface area contributed by atoms with Gasteiger partial charge in [0.15, 0.2) is 0 Å². The van der Waals surface area contributed by atoms with Gasteiger partial charge in [0, 0.05) is 5.92 Å². The highest BCUT2D eigenvalue weighted by Gasteiger charge is 2.14. The number of esters is 1. The van der Waals surface area contributed by atoms with Crippen molar-refractivity contribution in [1.82, 2.24) is 0 Å². The number of rotatable bonds is 7. The molecule has 0 aliphatic heterocycles. The topological polar surface area (TPSA) is 26.3 Å². The molecule has 20 heavy (non-hydrogen) atoms. The molecule has 0 spiro atoms. The van der Waals surface area contributed by atoms with Crippen LogP contribution in [0.2, 0.25) is 0 Å². The van der Waals surface area contributed by atoms with Crippen molar-refractivity contribution < 1.29 is 9.53 Å². The first-order valence-electron chi connectivity index (χ1n) is 7.14. The van der Waals surface area contributed by atoms with Crippen LogP contribution in [0.1, 0.15) is 32.8 Å². The van der Waals surface area contributed by atoms with E-state index in [1.165, 1.54) is 0 Å². The van der Waals surface area contributed by atoms with E-state index in [1.807, 2.05) is 50.3 Å². The maximum absolute atomic E-state index is 11.8. The summed E-state index contributed by atoms with van der Waals surface area (Å²) < 4.78 is 5.46. The van der Waals surface area contributed by atoms with Gasteiger partial charge in [-0.1, -0.05) is 61.6 Å². The third kappa shape index (κ3) is 6.37. The van der Waals surface area contributed by atoms with Crippen LogP contribution in [-0.4, -0.2) is 12.1 Å². The van der Waals surface area contributed by atoms with Crippen LogP contribution >= 0.6 is 0 Å². The number of carbonyl (C=O) groups excluding carboxylic acids is 1. The molecule has 1 aromatic rings. The predicted molar refractivity (Wildman–Crippen MR) is 83.4 cm³/mol. The molecule has 2 heteroatoms. The van der Waals surface area contributed by atoms with Gasteiger partial charge in [0.1, 0.15) is 6.10 Å². The Bertz CT molecular complexity index is 446. The lowest BCUT2D eigenvalue weighted by Crippen LogP contribution is -2.22. The Morgan fingerprint density at radius 3 is 2.55 bits per heavy atom. The van der Waals surface area contributed by atoms with Crippen LogP contribution in [0.3, 0.4) is 0 Å². The summed E-state index contributed by atoms with van der Waals surface area (Å²) in [5, 5.41) is 0. The Morgan fingerprint density at radius 1 is 1.20 bits per heavy atom. The molecule has 2 nitrogen and oxygen atoms in total. The fraction of sp³-hybridized carbons (Fsp3) is 0.389. The third-order valence-corrected chi connectivity index (χ3v) is 3.20. The average molecular weight is 272 g/mol. The van der Waals surface area contributed by atoms with Crippen molar-refractivity contribution in [3.05, 3.63) is 60.2 Å². The molecule has 0 heterocycles. The summed E-state index contributed by atoms with van der Waals surface area (Å²) >= 11 is 0. The number of allylic oxidation sites excluding steroid dienone is 3. The minimum atomic E-state index is -0.169. The second-order valence-corrected chi connectivity index (χ2v) is 4.95. The minimum absolute atomic E-state index is 0.104. The molecule has 2 atom stereocenters. The van der Waals surface area contributed by atoms with E-state index >= 15 is 0 Å². The predicted octanol–water partition coefficient (Wildman–Crippen LogP) is 4.32. The first-order valence-corrected chi connectivity index (χ1v) is 7.14. The van der Waals surface area contributed by atoms with E-state index in [2.05, 4.69) is 25.2 Å². The van der Waals surface area contributed by atoms with E-state index in [0.717, 1.165) is 12.0 Å². The Hall–Kier alpha value is -1.83. The fourth-order valence-corrected chi connectivity index (χ4v) is 1.78. The molecule has 0 aliphatic carbocycles. The molecule has 2 unspecified atom stereocenters. The lowest BCUT2D eigenvalue weighted by atomic mass is 10.1. The minimum Gasteiger partial charge on any atom is -0.462 e. The first-order chi connectivity index (χ1) is 9.63. The Morgan fingerprint density at radius 2 is 1.90 bits per heavy atom. The maximum atomic E-state index is 11.8. The zero-order chi connectivity index (χ0) is 14.8. The molecule has 0 saturated carbocycles. The molecule has 0 radical (unpaired) electrons. The van der Waals surface area contributed by atoms with Gasteiger partial charge in [-0.3, -0.25) is 4.79 Å². The SMILES string of the molecule is C/C=C/C/C=C/C(C)C(C)OC(=O)Cc1ccccc1. The van der Waals surface area contributed by atoms with Crippen LogP contribution in [-0.2, 0) is 16.0 Å². The second-order valence-electron chi connectivity index (χ2n) is 4.95. The van der Waals surface area contributed by atoms with Gasteiger partial charge in [0.25, 0.3) is 0 Å². The molecular formula is C18H24O2. The van der Waals surface area contributed by atoms with Gasteiger partial charge in [-0.15, -0.1) is 0 Å². The van der Waals surface area contributed by atoms with Crippen molar-refractivity contribution in [3.8, 4) is 0 Å². The van der Waals surface area contributed by atoms with Crippen LogP contribution in [0.4, 0.5) is 0 Å². The fourth-order valence-electron chi connectivity index (χ4n) is 1.78. The van der Waals surface area contributed by atoms with Crippen molar-refractivity contribution >= 4 is 5.97 Å². The molecule has 0 aliphatic rings. The molecule has 0 amide bonds. The van der Waals surface area contributed by atoms with Gasteiger partial charge >= 0.3 is 5.97 Å². The lowest BCUT2D eigenvalue weighted by Gasteiger charge is -2.17. The molecule has 1 rings (SSSR count). The van der Waals surface area contributed by atoms with Gasteiger partial charge in [-0.05, 0) is 25.8 Å². The molecule has 0 bridgehead atoms. The Balaban J connectivity index is 2.39. The van der Waals surface area contributed by atoms with Crippen LogP contribution in [0, 0.1) is 5.92 Å². The number of ether oxygens (including phenoxy) is 1. The molecule has 0 saturated heterocycles. The van der Waals surface area contributed by atoms with E-state index in [9.17, 15) is 4.79 Å². The summed E-state index contributed by atoms with van der Waals surface area (Å²) in [6.07, 6.45) is 9.47. The third-order valence-electron chi connectivity index (χ3n) is 3.20. The summed E-state index contributed by atoms with van der Waals surface area (Å²) in [5.41, 5.74) is 0.987. The van der Waals surface area contributed by atoms with Crippen LogP contribution in [0.5, 0.6) is 0 Å². The largest absolute Gasteiger partial charge is 0.462 e. The van der Waals surface area contributed by atoms with Crippen molar-refractivity contribution in [2.75, 3.05) is 0 Å². The van der Waals surface area contributed by atoms with Crippen LogP contribution in [0.15, 0.2) is 54.6 Å². The van der Waals surface area contributed by atoms with Crippen molar-refractivity contribution in [1.29, 1.82) is 0 Å². The highest BCUT2D eigenvalue weighted by molar-refractivity contribution is 5.72. The van der Waals surface area contributed by atoms with E-state index < -0.39 is 0 Å². The summed E-state index contributed by atoms with van der Waals surface area (Å²) in [7, 11) is 0. The molecular weight excluding hydrogens is 248 g/mol. The number of hydrogen-bond acceptors (Lipinski definition) is 2. The summed E-state index contributed by atoms with van der Waals surface area (Å²) in [6.45, 7) is 6.01. The number of hydrogen-bond donors (Lipinski definition) is 0. The van der Waals surface area contributed by atoms with E-state index in [4.69, 9.17) is 4.74 Å². The summed E-state index contributed by atoms with van der Waals surface area (Å²) in [6, 6.07) is 9.67. The number of benzene rings is 1. The Kier molecular flexibility index (Phi) is 7.41. The average Bonchev–Trinajstić information content (AvgIpc) is 2.44. The van der Waals surface area contributed by atoms with Gasteiger partial charge in [-0.2, -0.15) is 0 Å². The lowest BCUT2D eigenvalue weighted by molar-refractivity contribution is -0.148. The standard InChI is InChI=1S/C18H24O2/c1-4-5-6-8-11-15(2)16(3)20-18(19)14-17-12-9-7-10-13-17/h4-5,7-13,15-16H,6,14H2,1-3H3/b5-4+,11-8+. The number of carbonyl (C=O) groups is 1. The molecule has 108 valence electrons. The van der Waals surface area contributed by atoms with E-state index in [1.54, 1.807) is 0 Å². The molecule has 1 aromatic carbocycles. The highest BCUT2D eigenvalue weighted by Crippen LogP contribution is 2.11. The second kappa shape index (κ2) is 9.13. The smallest absolute Gasteiger partial charge is 0.310 e. The normalized spacial score (nSPS) is 14.6. The van der Waals surface area contributed by atoms with Crippen molar-refractivity contribution in [2.24, 2.45) is 5.92 Å². The van der Waals surface area contributed by atoms with Crippen molar-refractivity contribution in [3.63, 3.8) is 0 Å². The van der Waals surface area contributed by atoms with E-state index in [0.29, 0.717) is 6.42 Å². The molecule has 0 fully saturated rings. The first kappa shape index (κ1) is 16.2. The highest BCUT2D eigenvalue weighted by atomic mass is 16.5. The molecule has 0 N–H and O–H groups in total. The van der Waals surface area contributed by atoms with Gasteiger partial charge in [-0.25, -0.2) is 0 Å². The van der Waals surface area contributed by atoms with Crippen molar-refractivity contribution in [2.45, 2.75) is 39.7 Å². The Labute approximate surface area is 122 Å². The quantitative estimate of drug-likeness (QED) is 0.546. The van der Waals surface area contributed by atoms with E-state index in [-0.39, 0.29) is 18.0 Å². The molecule has 0 aromatic heterocycles. The monoisotopic (exact) mass is 272 g/mol. The zero-order valence-corrected chi connectivity index (χ0v) is 12.6. The maximum Gasteiger partial charge on any atom is 0.310 e. The van der Waals surface area contributed by atoms with Crippen LogP contribution < -0.4 is 0 Å². The summed E-state index contributed by atoms with van der Waals surface area (Å²) in [4.78, 5) is 11.8. The van der Waals surface area contributed by atoms with Gasteiger partial charge in [0.2, 0.25) is 0 Å². The zero-order valence-electron chi connectivity index (χ0n) is 12.6. The van der Waals surface area contributed by atoms with Gasteiger partial charge in [0.05, 0.1) is 6.42 Å². The van der Waals surface area contributed by atoms with Gasteiger partial charge < -0.3 is 4.74 Å².